The summed E-state index contributed by atoms with van der Waals surface area (Å²) in [5.41, 5.74) is 0. The van der Waals surface area contributed by atoms with Crippen LogP contribution in [0.25, 0.3) is 0 Å². The fourth-order valence-electron chi connectivity index (χ4n) is 3.29. The molecule has 0 aromatic heterocycles. The van der Waals surface area contributed by atoms with Gasteiger partial charge in [-0.15, -0.1) is 0 Å². The molecule has 0 spiro atoms. The summed E-state index contributed by atoms with van der Waals surface area (Å²) >= 11 is 0. The van der Waals surface area contributed by atoms with Crippen molar-refractivity contribution in [3.63, 3.8) is 0 Å². The summed E-state index contributed by atoms with van der Waals surface area (Å²) in [6, 6.07) is 0. The van der Waals surface area contributed by atoms with Gasteiger partial charge in [-0.25, -0.2) is 0 Å². The van der Waals surface area contributed by atoms with E-state index in [1.165, 1.54) is 4.90 Å². The van der Waals surface area contributed by atoms with E-state index < -0.39 is 0 Å². The number of amides is 3. The number of carbonyl (C=O) groups excluding carboxylic acids is 3. The van der Waals surface area contributed by atoms with E-state index in [1.54, 1.807) is 11.9 Å². The van der Waals surface area contributed by atoms with Gasteiger partial charge in [-0.2, -0.15) is 0 Å². The molecule has 112 valence electrons. The maximum atomic E-state index is 12.3. The first-order valence-electron chi connectivity index (χ1n) is 7.51. The second-order valence-electron chi connectivity index (χ2n) is 6.43. The molecule has 2 atom stereocenters. The highest BCUT2D eigenvalue weighted by Crippen LogP contribution is 2.37. The monoisotopic (exact) mass is 280 g/mol. The van der Waals surface area contributed by atoms with Crippen molar-refractivity contribution < 1.29 is 14.4 Å². The van der Waals surface area contributed by atoms with Crippen molar-refractivity contribution in [3.05, 3.63) is 0 Å². The van der Waals surface area contributed by atoms with Crippen LogP contribution in [0.1, 0.15) is 39.5 Å². The molecular weight excluding hydrogens is 256 g/mol. The van der Waals surface area contributed by atoms with Gasteiger partial charge in [-0.1, -0.05) is 26.7 Å². The number of nitrogens with zero attached hydrogens (tertiary/aromatic N) is 2. The zero-order chi connectivity index (χ0) is 14.9. The molecule has 1 saturated carbocycles. The maximum absolute atomic E-state index is 12.3. The largest absolute Gasteiger partial charge is 0.344 e. The fraction of sp³-hybridized carbons (Fsp3) is 0.800. The molecule has 3 amide bonds. The van der Waals surface area contributed by atoms with Crippen LogP contribution in [0.15, 0.2) is 0 Å². The SMILES string of the molecule is CC(C)CN(C)C(=O)CN1C(=O)C2CCCCC2C1=O. The van der Waals surface area contributed by atoms with Crippen LogP contribution < -0.4 is 0 Å². The van der Waals surface area contributed by atoms with E-state index in [4.69, 9.17) is 0 Å². The number of rotatable bonds is 4. The average Bonchev–Trinajstić information content (AvgIpc) is 2.64. The van der Waals surface area contributed by atoms with Crippen LogP contribution in [-0.2, 0) is 14.4 Å². The molecular formula is C15H24N2O3. The highest BCUT2D eigenvalue weighted by Gasteiger charge is 2.48. The Morgan fingerprint density at radius 3 is 2.15 bits per heavy atom. The van der Waals surface area contributed by atoms with Crippen molar-refractivity contribution in [2.24, 2.45) is 17.8 Å². The van der Waals surface area contributed by atoms with Crippen molar-refractivity contribution in [2.45, 2.75) is 39.5 Å². The number of imide groups is 1. The Hall–Kier alpha value is -1.39. The van der Waals surface area contributed by atoms with E-state index in [2.05, 4.69) is 0 Å². The number of hydrogen-bond acceptors (Lipinski definition) is 3. The average molecular weight is 280 g/mol. The lowest BCUT2D eigenvalue weighted by molar-refractivity contribution is -0.146. The molecule has 5 nitrogen and oxygen atoms in total. The van der Waals surface area contributed by atoms with Gasteiger partial charge < -0.3 is 4.90 Å². The molecule has 0 aromatic rings. The Morgan fingerprint density at radius 2 is 1.70 bits per heavy atom. The molecule has 2 aliphatic rings. The summed E-state index contributed by atoms with van der Waals surface area (Å²) in [5, 5.41) is 0. The number of likely N-dealkylation sites (tertiary alicyclic amines) is 1. The summed E-state index contributed by atoms with van der Waals surface area (Å²) < 4.78 is 0. The molecule has 1 saturated heterocycles. The quantitative estimate of drug-likeness (QED) is 0.729. The normalized spacial score (nSPS) is 26.1. The molecule has 0 bridgehead atoms. The van der Waals surface area contributed by atoms with Crippen LogP contribution >= 0.6 is 0 Å². The minimum atomic E-state index is -0.167. The summed E-state index contributed by atoms with van der Waals surface area (Å²) in [4.78, 5) is 39.4. The number of likely N-dealkylation sites (N-methyl/N-ethyl adjacent to an activating group) is 1. The number of fused-ring (bicyclic) bond motifs is 1. The lowest BCUT2D eigenvalue weighted by Crippen LogP contribution is -2.42. The van der Waals surface area contributed by atoms with Crippen LogP contribution in [0.3, 0.4) is 0 Å². The lowest BCUT2D eigenvalue weighted by Gasteiger charge is -2.22. The third kappa shape index (κ3) is 2.86. The molecule has 0 radical (unpaired) electrons. The van der Waals surface area contributed by atoms with Gasteiger partial charge in [0.15, 0.2) is 0 Å². The summed E-state index contributed by atoms with van der Waals surface area (Å²) in [6.45, 7) is 4.62. The fourth-order valence-corrected chi connectivity index (χ4v) is 3.29. The van der Waals surface area contributed by atoms with Crippen LogP contribution in [0.2, 0.25) is 0 Å². The van der Waals surface area contributed by atoms with Gasteiger partial charge in [-0.3, -0.25) is 19.3 Å². The first kappa shape index (κ1) is 15.0. The van der Waals surface area contributed by atoms with Gasteiger partial charge in [0.1, 0.15) is 6.54 Å². The highest BCUT2D eigenvalue weighted by atomic mass is 16.2. The molecule has 1 aliphatic carbocycles. The van der Waals surface area contributed by atoms with Gasteiger partial charge >= 0.3 is 0 Å². The molecule has 20 heavy (non-hydrogen) atoms. The van der Waals surface area contributed by atoms with Crippen LogP contribution in [0, 0.1) is 17.8 Å². The predicted octanol–water partition coefficient (Wildman–Crippen LogP) is 1.28. The number of carbonyl (C=O) groups is 3. The first-order valence-corrected chi connectivity index (χ1v) is 7.51. The van der Waals surface area contributed by atoms with Crippen molar-refractivity contribution in [3.8, 4) is 0 Å². The van der Waals surface area contributed by atoms with Gasteiger partial charge in [0.2, 0.25) is 17.7 Å². The smallest absolute Gasteiger partial charge is 0.242 e. The summed E-state index contributed by atoms with van der Waals surface area (Å²) in [6.07, 6.45) is 3.61. The molecule has 2 rings (SSSR count). The van der Waals surface area contributed by atoms with Gasteiger partial charge in [-0.05, 0) is 18.8 Å². The molecule has 5 heteroatoms. The van der Waals surface area contributed by atoms with Gasteiger partial charge in [0.05, 0.1) is 11.8 Å². The molecule has 0 aromatic carbocycles. The van der Waals surface area contributed by atoms with E-state index in [0.29, 0.717) is 12.5 Å². The van der Waals surface area contributed by atoms with E-state index in [9.17, 15) is 14.4 Å². The van der Waals surface area contributed by atoms with Crippen LogP contribution in [-0.4, -0.2) is 47.7 Å². The second kappa shape index (κ2) is 5.94. The van der Waals surface area contributed by atoms with Crippen molar-refractivity contribution >= 4 is 17.7 Å². The second-order valence-corrected chi connectivity index (χ2v) is 6.43. The van der Waals surface area contributed by atoms with E-state index in [-0.39, 0.29) is 36.1 Å². The first-order chi connectivity index (χ1) is 9.41. The molecule has 2 unspecified atom stereocenters. The van der Waals surface area contributed by atoms with E-state index >= 15 is 0 Å². The Balaban J connectivity index is 2.00. The van der Waals surface area contributed by atoms with E-state index in [1.807, 2.05) is 13.8 Å². The Kier molecular flexibility index (Phi) is 4.45. The lowest BCUT2D eigenvalue weighted by atomic mass is 9.81. The third-order valence-corrected chi connectivity index (χ3v) is 4.29. The standard InChI is InChI=1S/C15H24N2O3/c1-10(2)8-16(3)13(18)9-17-14(19)11-6-4-5-7-12(11)15(17)20/h10-12H,4-9H2,1-3H3. The maximum Gasteiger partial charge on any atom is 0.242 e. The predicted molar refractivity (Wildman–Crippen MR) is 74.6 cm³/mol. The zero-order valence-electron chi connectivity index (χ0n) is 12.6. The van der Waals surface area contributed by atoms with Gasteiger partial charge in [0.25, 0.3) is 0 Å². The van der Waals surface area contributed by atoms with E-state index in [0.717, 1.165) is 25.7 Å². The van der Waals surface area contributed by atoms with Gasteiger partial charge in [0, 0.05) is 13.6 Å². The van der Waals surface area contributed by atoms with Crippen LogP contribution in [0.5, 0.6) is 0 Å². The Labute approximate surface area is 120 Å². The molecule has 0 N–H and O–H groups in total. The van der Waals surface area contributed by atoms with Crippen LogP contribution in [0.4, 0.5) is 0 Å². The third-order valence-electron chi connectivity index (χ3n) is 4.29. The Bertz CT molecular complexity index is 395. The zero-order valence-corrected chi connectivity index (χ0v) is 12.6. The van der Waals surface area contributed by atoms with Crippen molar-refractivity contribution in [1.82, 2.24) is 9.80 Å². The molecule has 1 aliphatic heterocycles. The minimum absolute atomic E-state index is 0.0894. The van der Waals surface area contributed by atoms with Crippen molar-refractivity contribution in [2.75, 3.05) is 20.1 Å². The molecule has 2 fully saturated rings. The number of hydrogen-bond donors (Lipinski definition) is 0. The summed E-state index contributed by atoms with van der Waals surface area (Å²) in [5.74, 6) is -0.383. The Morgan fingerprint density at radius 1 is 1.20 bits per heavy atom. The van der Waals surface area contributed by atoms with Crippen molar-refractivity contribution in [1.29, 1.82) is 0 Å². The summed E-state index contributed by atoms with van der Waals surface area (Å²) in [7, 11) is 1.72. The highest BCUT2D eigenvalue weighted by molar-refractivity contribution is 6.07. The molecule has 1 heterocycles. The topological polar surface area (TPSA) is 57.7 Å². The minimum Gasteiger partial charge on any atom is -0.344 e.